The zero-order valence-electron chi connectivity index (χ0n) is 15.7. The standard InChI is InChI=1S/C20H27ClN4O/c1-13(22)19-6-4-5-11-24(19)20(26)12-18-14(2)23-25(15(18)3)17-9-7-16(21)8-10-17/h7-10,13,19H,4-6,11-12,22H2,1-3H3. The minimum Gasteiger partial charge on any atom is -0.338 e. The topological polar surface area (TPSA) is 64.2 Å². The van der Waals surface area contributed by atoms with Crippen LogP contribution in [0, 0.1) is 13.8 Å². The number of piperidine rings is 1. The first-order valence-corrected chi connectivity index (χ1v) is 9.62. The Bertz CT molecular complexity index is 782. The molecule has 1 fully saturated rings. The van der Waals surface area contributed by atoms with E-state index in [1.807, 2.05) is 54.6 Å². The highest BCUT2D eigenvalue weighted by molar-refractivity contribution is 6.30. The van der Waals surface area contributed by atoms with Crippen LogP contribution in [-0.2, 0) is 11.2 Å². The minimum absolute atomic E-state index is 0.00163. The minimum atomic E-state index is -0.00163. The molecule has 0 saturated carbocycles. The summed E-state index contributed by atoms with van der Waals surface area (Å²) >= 11 is 5.98. The van der Waals surface area contributed by atoms with E-state index in [9.17, 15) is 4.79 Å². The number of benzene rings is 1. The maximum atomic E-state index is 13.0. The van der Waals surface area contributed by atoms with Crippen LogP contribution in [0.1, 0.15) is 43.1 Å². The van der Waals surface area contributed by atoms with E-state index in [0.29, 0.717) is 11.4 Å². The average Bonchev–Trinajstić information content (AvgIpc) is 2.90. The maximum Gasteiger partial charge on any atom is 0.227 e. The SMILES string of the molecule is Cc1nn(-c2ccc(Cl)cc2)c(C)c1CC(=O)N1CCCCC1C(C)N. The summed E-state index contributed by atoms with van der Waals surface area (Å²) in [5.41, 5.74) is 9.95. The van der Waals surface area contributed by atoms with Gasteiger partial charge < -0.3 is 10.6 Å². The van der Waals surface area contributed by atoms with Gasteiger partial charge in [0.1, 0.15) is 0 Å². The summed E-state index contributed by atoms with van der Waals surface area (Å²) < 4.78 is 1.88. The van der Waals surface area contributed by atoms with Crippen LogP contribution in [0.3, 0.4) is 0 Å². The molecule has 0 aliphatic carbocycles. The van der Waals surface area contributed by atoms with Crippen LogP contribution in [0.15, 0.2) is 24.3 Å². The lowest BCUT2D eigenvalue weighted by molar-refractivity contribution is -0.134. The van der Waals surface area contributed by atoms with E-state index in [0.717, 1.165) is 48.4 Å². The third-order valence-electron chi connectivity index (χ3n) is 5.32. The Balaban J connectivity index is 1.83. The second-order valence-corrected chi connectivity index (χ2v) is 7.66. The largest absolute Gasteiger partial charge is 0.338 e. The number of hydrogen-bond acceptors (Lipinski definition) is 3. The molecule has 1 saturated heterocycles. The molecule has 2 aromatic rings. The Hall–Kier alpha value is -1.85. The van der Waals surface area contributed by atoms with Crippen LogP contribution in [0.2, 0.25) is 5.02 Å². The number of nitrogens with two attached hydrogens (primary N) is 1. The Kier molecular flexibility index (Phi) is 5.68. The summed E-state index contributed by atoms with van der Waals surface area (Å²) in [6.45, 7) is 6.76. The molecular formula is C20H27ClN4O. The quantitative estimate of drug-likeness (QED) is 0.891. The van der Waals surface area contributed by atoms with Gasteiger partial charge in [-0.2, -0.15) is 5.10 Å². The Morgan fingerprint density at radius 2 is 2.00 bits per heavy atom. The molecule has 0 spiro atoms. The lowest BCUT2D eigenvalue weighted by Gasteiger charge is -2.38. The summed E-state index contributed by atoms with van der Waals surface area (Å²) in [4.78, 5) is 15.0. The molecule has 6 heteroatoms. The van der Waals surface area contributed by atoms with E-state index < -0.39 is 0 Å². The van der Waals surface area contributed by atoms with Crippen LogP contribution in [0.5, 0.6) is 0 Å². The first kappa shape index (κ1) is 18.9. The van der Waals surface area contributed by atoms with Crippen molar-refractivity contribution in [1.82, 2.24) is 14.7 Å². The zero-order valence-corrected chi connectivity index (χ0v) is 16.5. The van der Waals surface area contributed by atoms with Crippen molar-refractivity contribution >= 4 is 17.5 Å². The van der Waals surface area contributed by atoms with Crippen molar-refractivity contribution in [1.29, 1.82) is 0 Å². The van der Waals surface area contributed by atoms with Crippen LogP contribution in [-0.4, -0.2) is 39.2 Å². The van der Waals surface area contributed by atoms with Crippen molar-refractivity contribution in [3.8, 4) is 5.69 Å². The lowest BCUT2D eigenvalue weighted by atomic mass is 9.96. The Morgan fingerprint density at radius 3 is 2.65 bits per heavy atom. The normalized spacial score (nSPS) is 18.8. The van der Waals surface area contributed by atoms with Gasteiger partial charge in [0.2, 0.25) is 5.91 Å². The predicted molar refractivity (Wildman–Crippen MR) is 105 cm³/mol. The molecule has 140 valence electrons. The van der Waals surface area contributed by atoms with E-state index in [-0.39, 0.29) is 18.0 Å². The maximum absolute atomic E-state index is 13.0. The highest BCUT2D eigenvalue weighted by Crippen LogP contribution is 2.23. The molecule has 5 nitrogen and oxygen atoms in total. The molecular weight excluding hydrogens is 348 g/mol. The second kappa shape index (κ2) is 7.80. The summed E-state index contributed by atoms with van der Waals surface area (Å²) in [7, 11) is 0. The van der Waals surface area contributed by atoms with Crippen molar-refractivity contribution in [2.24, 2.45) is 5.73 Å². The number of amides is 1. The summed E-state index contributed by atoms with van der Waals surface area (Å²) in [6, 6.07) is 7.70. The molecule has 26 heavy (non-hydrogen) atoms. The molecule has 1 aliphatic heterocycles. The van der Waals surface area contributed by atoms with Gasteiger partial charge >= 0.3 is 0 Å². The van der Waals surface area contributed by atoms with Gasteiger partial charge in [-0.1, -0.05) is 11.6 Å². The lowest BCUT2D eigenvalue weighted by Crippen LogP contribution is -2.52. The highest BCUT2D eigenvalue weighted by atomic mass is 35.5. The molecule has 1 aromatic carbocycles. The van der Waals surface area contributed by atoms with Crippen LogP contribution in [0.25, 0.3) is 5.69 Å². The molecule has 2 heterocycles. The zero-order chi connectivity index (χ0) is 18.8. The molecule has 2 atom stereocenters. The number of halogens is 1. The summed E-state index contributed by atoms with van der Waals surface area (Å²) in [5.74, 6) is 0.147. The highest BCUT2D eigenvalue weighted by Gasteiger charge is 2.30. The van der Waals surface area contributed by atoms with Crippen molar-refractivity contribution in [3.05, 3.63) is 46.2 Å². The summed E-state index contributed by atoms with van der Waals surface area (Å²) in [5, 5.41) is 5.33. The van der Waals surface area contributed by atoms with Crippen molar-refractivity contribution < 1.29 is 4.79 Å². The van der Waals surface area contributed by atoms with Crippen molar-refractivity contribution in [2.75, 3.05) is 6.54 Å². The number of rotatable bonds is 4. The summed E-state index contributed by atoms with van der Waals surface area (Å²) in [6.07, 6.45) is 3.55. The fourth-order valence-corrected chi connectivity index (χ4v) is 3.96. The molecule has 1 amide bonds. The third-order valence-corrected chi connectivity index (χ3v) is 5.57. The van der Waals surface area contributed by atoms with Gasteiger partial charge in [-0.05, 0) is 64.3 Å². The molecule has 2 N–H and O–H groups in total. The molecule has 2 unspecified atom stereocenters. The van der Waals surface area contributed by atoms with Crippen LogP contribution >= 0.6 is 11.6 Å². The van der Waals surface area contributed by atoms with Gasteiger partial charge in [-0.15, -0.1) is 0 Å². The molecule has 0 radical (unpaired) electrons. The smallest absolute Gasteiger partial charge is 0.227 e. The van der Waals surface area contributed by atoms with E-state index in [1.165, 1.54) is 0 Å². The number of carbonyl (C=O) groups excluding carboxylic acids is 1. The van der Waals surface area contributed by atoms with Crippen LogP contribution < -0.4 is 5.73 Å². The number of likely N-dealkylation sites (tertiary alicyclic amines) is 1. The van der Waals surface area contributed by atoms with Gasteiger partial charge in [-0.25, -0.2) is 4.68 Å². The Morgan fingerprint density at radius 1 is 1.31 bits per heavy atom. The van der Waals surface area contributed by atoms with Crippen molar-refractivity contribution in [3.63, 3.8) is 0 Å². The number of carbonyl (C=O) groups is 1. The van der Waals surface area contributed by atoms with E-state index in [4.69, 9.17) is 17.3 Å². The average molecular weight is 375 g/mol. The molecule has 3 rings (SSSR count). The molecule has 1 aromatic heterocycles. The van der Waals surface area contributed by atoms with E-state index in [1.54, 1.807) is 0 Å². The van der Waals surface area contributed by atoms with Gasteiger partial charge in [0, 0.05) is 34.9 Å². The van der Waals surface area contributed by atoms with E-state index in [2.05, 4.69) is 5.10 Å². The fourth-order valence-electron chi connectivity index (χ4n) is 3.83. The number of aryl methyl sites for hydroxylation is 1. The first-order chi connectivity index (χ1) is 12.4. The van der Waals surface area contributed by atoms with Gasteiger partial charge in [0.05, 0.1) is 17.8 Å². The molecule has 0 bridgehead atoms. The predicted octanol–water partition coefficient (Wildman–Crippen LogP) is 3.41. The fraction of sp³-hybridized carbons (Fsp3) is 0.500. The van der Waals surface area contributed by atoms with Gasteiger partial charge in [0.25, 0.3) is 0 Å². The molecule has 1 aliphatic rings. The van der Waals surface area contributed by atoms with Gasteiger partial charge in [0.15, 0.2) is 0 Å². The Labute approximate surface area is 160 Å². The second-order valence-electron chi connectivity index (χ2n) is 7.22. The number of hydrogen-bond donors (Lipinski definition) is 1. The number of nitrogens with zero attached hydrogens (tertiary/aromatic N) is 3. The third kappa shape index (κ3) is 3.79. The number of aromatic nitrogens is 2. The first-order valence-electron chi connectivity index (χ1n) is 9.24. The monoisotopic (exact) mass is 374 g/mol. The van der Waals surface area contributed by atoms with Gasteiger partial charge in [-0.3, -0.25) is 4.79 Å². The van der Waals surface area contributed by atoms with Crippen molar-refractivity contribution in [2.45, 2.75) is 58.5 Å². The van der Waals surface area contributed by atoms with E-state index >= 15 is 0 Å². The van der Waals surface area contributed by atoms with Crippen LogP contribution in [0.4, 0.5) is 0 Å².